The summed E-state index contributed by atoms with van der Waals surface area (Å²) in [7, 11) is 0. The van der Waals surface area contributed by atoms with Crippen LogP contribution < -0.4 is 4.90 Å². The number of rotatable bonds is 3. The van der Waals surface area contributed by atoms with E-state index in [9.17, 15) is 9.59 Å². The largest absolute Gasteiger partial charge is 0.353 e. The van der Waals surface area contributed by atoms with Crippen LogP contribution in [0.1, 0.15) is 23.2 Å². The highest BCUT2D eigenvalue weighted by Crippen LogP contribution is 2.28. The van der Waals surface area contributed by atoms with E-state index in [1.54, 1.807) is 18.2 Å². The number of fused-ring (bicyclic) bond motifs is 1. The molecule has 0 atom stereocenters. The highest BCUT2D eigenvalue weighted by atomic mass is 16.7. The van der Waals surface area contributed by atoms with Gasteiger partial charge in [-0.05, 0) is 18.6 Å². The molecule has 3 rings (SSSR count). The summed E-state index contributed by atoms with van der Waals surface area (Å²) in [6.07, 6.45) is 1.21. The van der Waals surface area contributed by atoms with Crippen LogP contribution in [0.5, 0.6) is 0 Å². The van der Waals surface area contributed by atoms with Crippen molar-refractivity contribution in [3.05, 3.63) is 29.8 Å². The highest BCUT2D eigenvalue weighted by molar-refractivity contribution is 6.52. The van der Waals surface area contributed by atoms with E-state index in [1.165, 1.54) is 4.90 Å². The number of carbonyl (C=O) groups is 2. The van der Waals surface area contributed by atoms with Crippen molar-refractivity contribution in [2.75, 3.05) is 24.7 Å². The molecule has 1 aromatic carbocycles. The minimum Gasteiger partial charge on any atom is -0.353 e. The van der Waals surface area contributed by atoms with Gasteiger partial charge in [-0.2, -0.15) is 0 Å². The normalized spacial score (nSPS) is 19.9. The highest BCUT2D eigenvalue weighted by Gasteiger charge is 2.35. The van der Waals surface area contributed by atoms with E-state index in [1.807, 2.05) is 6.07 Å². The zero-order valence-electron chi connectivity index (χ0n) is 10.5. The number of ether oxygens (including phenoxy) is 2. The molecule has 0 aliphatic carbocycles. The van der Waals surface area contributed by atoms with E-state index < -0.39 is 11.7 Å². The summed E-state index contributed by atoms with van der Waals surface area (Å²) in [6.45, 7) is 1.81. The number of para-hydroxylation sites is 1. The first-order chi connectivity index (χ1) is 9.27. The third-order valence-electron chi connectivity index (χ3n) is 3.36. The van der Waals surface area contributed by atoms with Gasteiger partial charge in [-0.3, -0.25) is 9.59 Å². The van der Waals surface area contributed by atoms with E-state index in [4.69, 9.17) is 9.47 Å². The molecule has 0 saturated carbocycles. The predicted octanol–water partition coefficient (Wildman–Crippen LogP) is 1.37. The Morgan fingerprint density at radius 2 is 1.89 bits per heavy atom. The quantitative estimate of drug-likeness (QED) is 0.771. The maximum atomic E-state index is 11.9. The van der Waals surface area contributed by atoms with Gasteiger partial charge in [0.1, 0.15) is 0 Å². The molecule has 1 amide bonds. The van der Waals surface area contributed by atoms with Crippen molar-refractivity contribution in [2.45, 2.75) is 19.1 Å². The Hall–Kier alpha value is -1.72. The van der Waals surface area contributed by atoms with Gasteiger partial charge in [-0.25, -0.2) is 0 Å². The monoisotopic (exact) mass is 261 g/mol. The standard InChI is InChI=1S/C14H15NO4/c16-13-10-4-1-2-5-11(10)15(14(13)17)7-6-12-18-8-3-9-19-12/h1-2,4-5,12H,3,6-9H2. The summed E-state index contributed by atoms with van der Waals surface area (Å²) >= 11 is 0. The van der Waals surface area contributed by atoms with Gasteiger partial charge < -0.3 is 14.4 Å². The second-order valence-electron chi connectivity index (χ2n) is 4.62. The second kappa shape index (κ2) is 5.11. The predicted molar refractivity (Wildman–Crippen MR) is 68.1 cm³/mol. The molecule has 0 unspecified atom stereocenters. The van der Waals surface area contributed by atoms with E-state index >= 15 is 0 Å². The number of benzene rings is 1. The zero-order valence-corrected chi connectivity index (χ0v) is 10.5. The second-order valence-corrected chi connectivity index (χ2v) is 4.62. The van der Waals surface area contributed by atoms with E-state index in [0.29, 0.717) is 37.4 Å². The van der Waals surface area contributed by atoms with E-state index in [-0.39, 0.29) is 6.29 Å². The Morgan fingerprint density at radius 3 is 2.68 bits per heavy atom. The molecule has 0 N–H and O–H groups in total. The van der Waals surface area contributed by atoms with Gasteiger partial charge in [0.25, 0.3) is 11.7 Å². The fourth-order valence-corrected chi connectivity index (χ4v) is 2.41. The lowest BCUT2D eigenvalue weighted by molar-refractivity contribution is -0.179. The molecule has 100 valence electrons. The molecule has 0 aromatic heterocycles. The fraction of sp³-hybridized carbons (Fsp3) is 0.429. The Labute approximate surface area is 111 Å². The Kier molecular flexibility index (Phi) is 3.31. The first kappa shape index (κ1) is 12.3. The van der Waals surface area contributed by atoms with Crippen molar-refractivity contribution >= 4 is 17.4 Å². The number of amides is 1. The van der Waals surface area contributed by atoms with Crippen molar-refractivity contribution in [3.63, 3.8) is 0 Å². The topological polar surface area (TPSA) is 55.8 Å². The number of anilines is 1. The number of carbonyl (C=O) groups excluding carboxylic acids is 2. The van der Waals surface area contributed by atoms with Gasteiger partial charge in [0.05, 0.1) is 24.5 Å². The molecule has 0 radical (unpaired) electrons. The van der Waals surface area contributed by atoms with Crippen molar-refractivity contribution in [1.29, 1.82) is 0 Å². The van der Waals surface area contributed by atoms with Crippen LogP contribution in [-0.2, 0) is 14.3 Å². The molecule has 5 nitrogen and oxygen atoms in total. The molecule has 1 saturated heterocycles. The number of Topliss-reactive ketones (excluding diaryl/α,β-unsaturated/α-hetero) is 1. The first-order valence-electron chi connectivity index (χ1n) is 6.46. The number of hydrogen-bond donors (Lipinski definition) is 0. The Balaban J connectivity index is 1.71. The fourth-order valence-electron chi connectivity index (χ4n) is 2.41. The molecule has 2 heterocycles. The molecule has 5 heteroatoms. The molecule has 2 aliphatic heterocycles. The smallest absolute Gasteiger partial charge is 0.299 e. The lowest BCUT2D eigenvalue weighted by atomic mass is 10.1. The van der Waals surface area contributed by atoms with Gasteiger partial charge >= 0.3 is 0 Å². The molecule has 1 fully saturated rings. The van der Waals surface area contributed by atoms with Crippen LogP contribution in [0.25, 0.3) is 0 Å². The lowest BCUT2D eigenvalue weighted by Gasteiger charge is -2.25. The average molecular weight is 261 g/mol. The summed E-state index contributed by atoms with van der Waals surface area (Å²) in [6, 6.07) is 7.07. The van der Waals surface area contributed by atoms with Crippen LogP contribution in [0, 0.1) is 0 Å². The third kappa shape index (κ3) is 2.27. The summed E-state index contributed by atoms with van der Waals surface area (Å²) < 4.78 is 10.9. The van der Waals surface area contributed by atoms with E-state index in [2.05, 4.69) is 0 Å². The van der Waals surface area contributed by atoms with Crippen LogP contribution in [0.15, 0.2) is 24.3 Å². The zero-order chi connectivity index (χ0) is 13.2. The van der Waals surface area contributed by atoms with Gasteiger partial charge in [-0.1, -0.05) is 12.1 Å². The van der Waals surface area contributed by atoms with Gasteiger partial charge in [0.2, 0.25) is 0 Å². The maximum Gasteiger partial charge on any atom is 0.299 e. The van der Waals surface area contributed by atoms with Gasteiger partial charge in [0, 0.05) is 13.0 Å². The first-order valence-corrected chi connectivity index (χ1v) is 6.46. The van der Waals surface area contributed by atoms with Crippen molar-refractivity contribution < 1.29 is 19.1 Å². The molecular formula is C14H15NO4. The molecular weight excluding hydrogens is 246 g/mol. The van der Waals surface area contributed by atoms with Crippen molar-refractivity contribution in [1.82, 2.24) is 0 Å². The van der Waals surface area contributed by atoms with Crippen LogP contribution in [0.3, 0.4) is 0 Å². The Morgan fingerprint density at radius 1 is 1.16 bits per heavy atom. The van der Waals surface area contributed by atoms with Crippen LogP contribution in [0.4, 0.5) is 5.69 Å². The SMILES string of the molecule is O=C1C(=O)N(CCC2OCCCO2)c2ccccc21. The van der Waals surface area contributed by atoms with Crippen LogP contribution in [-0.4, -0.2) is 37.7 Å². The number of hydrogen-bond acceptors (Lipinski definition) is 4. The van der Waals surface area contributed by atoms with Crippen molar-refractivity contribution in [2.24, 2.45) is 0 Å². The molecule has 2 aliphatic rings. The van der Waals surface area contributed by atoms with Crippen molar-refractivity contribution in [3.8, 4) is 0 Å². The average Bonchev–Trinajstić information content (AvgIpc) is 2.71. The Bertz CT molecular complexity index is 508. The van der Waals surface area contributed by atoms with Gasteiger partial charge in [-0.15, -0.1) is 0 Å². The molecule has 1 aromatic rings. The maximum absolute atomic E-state index is 11.9. The number of ketones is 1. The molecule has 0 spiro atoms. The number of nitrogens with zero attached hydrogens (tertiary/aromatic N) is 1. The lowest BCUT2D eigenvalue weighted by Crippen LogP contribution is -2.35. The minimum absolute atomic E-state index is 0.274. The summed E-state index contributed by atoms with van der Waals surface area (Å²) in [5.74, 6) is -0.891. The van der Waals surface area contributed by atoms with Crippen LogP contribution in [0.2, 0.25) is 0 Å². The van der Waals surface area contributed by atoms with Gasteiger partial charge in [0.15, 0.2) is 6.29 Å². The van der Waals surface area contributed by atoms with E-state index in [0.717, 1.165) is 6.42 Å². The minimum atomic E-state index is -0.461. The summed E-state index contributed by atoms with van der Waals surface area (Å²) in [4.78, 5) is 25.2. The van der Waals surface area contributed by atoms with Crippen LogP contribution >= 0.6 is 0 Å². The summed E-state index contributed by atoms with van der Waals surface area (Å²) in [5.41, 5.74) is 1.17. The molecule has 19 heavy (non-hydrogen) atoms. The summed E-state index contributed by atoms with van der Waals surface area (Å²) in [5, 5.41) is 0. The third-order valence-corrected chi connectivity index (χ3v) is 3.36. The molecule has 0 bridgehead atoms.